The van der Waals surface area contributed by atoms with Crippen molar-refractivity contribution in [3.05, 3.63) is 53.1 Å². The van der Waals surface area contributed by atoms with Crippen molar-refractivity contribution < 1.29 is 17.9 Å². The Morgan fingerprint density at radius 2 is 1.50 bits per heavy atom. The fourth-order valence-corrected chi connectivity index (χ4v) is 6.85. The number of benzene rings is 1. The third-order valence-electron chi connectivity index (χ3n) is 8.90. The molecule has 0 bridgehead atoms. The van der Waals surface area contributed by atoms with E-state index in [2.05, 4.69) is 29.9 Å². The summed E-state index contributed by atoms with van der Waals surface area (Å²) >= 11 is 0. The highest BCUT2D eigenvalue weighted by molar-refractivity contribution is 5.67. The van der Waals surface area contributed by atoms with Crippen molar-refractivity contribution in [3.8, 4) is 0 Å². The maximum absolute atomic E-state index is 14.7. The zero-order chi connectivity index (χ0) is 23.9. The number of allylic oxidation sites excluding steroid dienone is 4. The quantitative estimate of drug-likeness (QED) is 0.341. The van der Waals surface area contributed by atoms with E-state index >= 15 is 0 Å². The van der Waals surface area contributed by atoms with Crippen LogP contribution in [0.5, 0.6) is 0 Å². The first-order chi connectivity index (χ1) is 16.6. The van der Waals surface area contributed by atoms with Gasteiger partial charge in [-0.2, -0.15) is 0 Å². The van der Waals surface area contributed by atoms with Crippen LogP contribution in [0.4, 0.5) is 13.2 Å². The van der Waals surface area contributed by atoms with Crippen LogP contribution < -0.4 is 0 Å². The van der Waals surface area contributed by atoms with Crippen molar-refractivity contribution in [2.24, 2.45) is 29.6 Å². The Morgan fingerprint density at radius 1 is 0.853 bits per heavy atom. The molecule has 4 rings (SSSR count). The molecule has 0 aromatic heterocycles. The van der Waals surface area contributed by atoms with Gasteiger partial charge in [-0.15, -0.1) is 0 Å². The van der Waals surface area contributed by atoms with Crippen molar-refractivity contribution in [3.63, 3.8) is 0 Å². The molecule has 1 nitrogen and oxygen atoms in total. The first-order valence-corrected chi connectivity index (χ1v) is 13.6. The summed E-state index contributed by atoms with van der Waals surface area (Å²) in [6.07, 6.45) is 21.9. The monoisotopic (exact) mass is 474 g/mol. The summed E-state index contributed by atoms with van der Waals surface area (Å²) in [7, 11) is 0. The summed E-state index contributed by atoms with van der Waals surface area (Å²) in [4.78, 5) is 0. The van der Waals surface area contributed by atoms with Gasteiger partial charge < -0.3 is 4.74 Å². The van der Waals surface area contributed by atoms with E-state index in [4.69, 9.17) is 0 Å². The Balaban J connectivity index is 1.26. The number of ether oxygens (including phenoxy) is 1. The lowest BCUT2D eigenvalue weighted by Crippen LogP contribution is -2.28. The van der Waals surface area contributed by atoms with E-state index in [0.717, 1.165) is 54.9 Å². The largest absolute Gasteiger partial charge is 0.346 e. The Labute approximate surface area is 203 Å². The van der Waals surface area contributed by atoms with Crippen molar-refractivity contribution in [2.45, 2.75) is 90.6 Å². The third-order valence-corrected chi connectivity index (χ3v) is 8.90. The first kappa shape index (κ1) is 25.5. The minimum Gasteiger partial charge on any atom is -0.346 e. The normalized spacial score (nSPS) is 30.5. The van der Waals surface area contributed by atoms with Crippen LogP contribution in [0.15, 0.2) is 30.4 Å². The van der Waals surface area contributed by atoms with Crippen LogP contribution in [-0.4, -0.2) is 6.86 Å². The molecule has 3 aliphatic rings. The molecule has 188 valence electrons. The Kier molecular flexibility index (Phi) is 9.33. The van der Waals surface area contributed by atoms with E-state index in [-0.39, 0.29) is 12.2 Å². The van der Waals surface area contributed by atoms with E-state index in [9.17, 15) is 13.2 Å². The van der Waals surface area contributed by atoms with Gasteiger partial charge >= 0.3 is 0 Å². The molecule has 0 N–H and O–H groups in total. The Hall–Kier alpha value is -1.55. The predicted molar refractivity (Wildman–Crippen MR) is 133 cm³/mol. The van der Waals surface area contributed by atoms with Gasteiger partial charge in [0.15, 0.2) is 18.5 Å². The molecule has 1 unspecified atom stereocenters. The van der Waals surface area contributed by atoms with Crippen LogP contribution in [0.3, 0.4) is 0 Å². The lowest BCUT2D eigenvalue weighted by molar-refractivity contribution is 0.0444. The summed E-state index contributed by atoms with van der Waals surface area (Å²) in [5.41, 5.74) is 1.33. The number of rotatable bonds is 8. The average molecular weight is 475 g/mol. The fourth-order valence-electron chi connectivity index (χ4n) is 6.85. The highest BCUT2D eigenvalue weighted by Gasteiger charge is 2.33. The van der Waals surface area contributed by atoms with Crippen LogP contribution in [0.2, 0.25) is 0 Å². The van der Waals surface area contributed by atoms with Gasteiger partial charge in [0.25, 0.3) is 0 Å². The van der Waals surface area contributed by atoms with E-state index < -0.39 is 18.5 Å². The molecule has 1 aromatic rings. The third kappa shape index (κ3) is 6.17. The molecule has 34 heavy (non-hydrogen) atoms. The van der Waals surface area contributed by atoms with Crippen LogP contribution in [-0.2, 0) is 11.3 Å². The average Bonchev–Trinajstić information content (AvgIpc) is 2.89. The van der Waals surface area contributed by atoms with Crippen molar-refractivity contribution in [1.29, 1.82) is 0 Å². The van der Waals surface area contributed by atoms with Crippen molar-refractivity contribution in [2.75, 3.05) is 6.86 Å². The molecular formula is C30H41F3O. The van der Waals surface area contributed by atoms with Crippen LogP contribution in [0.1, 0.15) is 95.1 Å². The molecule has 3 aliphatic carbocycles. The van der Waals surface area contributed by atoms with Gasteiger partial charge in [-0.25, -0.2) is 13.2 Å². The van der Waals surface area contributed by atoms with Gasteiger partial charge in [-0.05, 0) is 112 Å². The fraction of sp³-hybridized carbons (Fsp3) is 0.667. The van der Waals surface area contributed by atoms with Crippen molar-refractivity contribution >= 4 is 5.57 Å². The molecule has 1 aromatic carbocycles. The van der Waals surface area contributed by atoms with Gasteiger partial charge in [0.1, 0.15) is 0 Å². The van der Waals surface area contributed by atoms with E-state index in [1.165, 1.54) is 57.4 Å². The van der Waals surface area contributed by atoms with Gasteiger partial charge in [0.2, 0.25) is 0 Å². The molecule has 0 spiro atoms. The maximum Gasteiger partial charge on any atom is 0.188 e. The number of hydrogen-bond acceptors (Lipinski definition) is 1. The zero-order valence-electron chi connectivity index (χ0n) is 20.7. The lowest BCUT2D eigenvalue weighted by atomic mass is 9.66. The van der Waals surface area contributed by atoms with E-state index in [1.807, 2.05) is 0 Å². The number of hydrogen-bond donors (Lipinski definition) is 0. The van der Waals surface area contributed by atoms with Crippen molar-refractivity contribution in [1.82, 2.24) is 0 Å². The smallest absolute Gasteiger partial charge is 0.188 e. The van der Waals surface area contributed by atoms with Gasteiger partial charge in [-0.1, -0.05) is 37.3 Å². The molecule has 1 atom stereocenters. The highest BCUT2D eigenvalue weighted by Crippen LogP contribution is 2.46. The van der Waals surface area contributed by atoms with E-state index in [0.29, 0.717) is 11.5 Å². The molecule has 2 saturated carbocycles. The topological polar surface area (TPSA) is 9.23 Å². The summed E-state index contributed by atoms with van der Waals surface area (Å²) < 4.78 is 45.8. The minimum absolute atomic E-state index is 0.0656. The van der Waals surface area contributed by atoms with Gasteiger partial charge in [0.05, 0.1) is 6.61 Å². The maximum atomic E-state index is 14.7. The zero-order valence-corrected chi connectivity index (χ0v) is 20.7. The predicted octanol–water partition coefficient (Wildman–Crippen LogP) is 9.17. The first-order valence-electron chi connectivity index (χ1n) is 13.6. The number of halogens is 3. The molecule has 0 radical (unpaired) electrons. The minimum atomic E-state index is -1.00. The van der Waals surface area contributed by atoms with Gasteiger partial charge in [0, 0.05) is 11.1 Å². The standard InChI is InChI=1S/C30H41F3O/c1-2-3-4-21-5-7-22(8-6-21)23-9-11-24(12-10-23)25-13-15-26(16-14-25)28-18-17-27(19-34-20-31)29(32)30(28)33/h3-4,15,17-18,21-25H,2,5-14,16,19-20H2,1H3. The SMILES string of the molecule is CCC=CC1CCC(C2CCC(C3CC=C(c4ccc(COCF)c(F)c4F)CC3)CC2)CC1. The molecule has 0 saturated heterocycles. The van der Waals surface area contributed by atoms with E-state index in [1.54, 1.807) is 6.07 Å². The number of alkyl halides is 1. The Bertz CT molecular complexity index is 845. The summed E-state index contributed by atoms with van der Waals surface area (Å²) in [5, 5.41) is 0. The second-order valence-electron chi connectivity index (χ2n) is 10.8. The van der Waals surface area contributed by atoms with Crippen LogP contribution >= 0.6 is 0 Å². The van der Waals surface area contributed by atoms with Gasteiger partial charge in [-0.3, -0.25) is 0 Å². The molecule has 0 amide bonds. The summed E-state index contributed by atoms with van der Waals surface area (Å²) in [6.45, 7) is 0.961. The molecular weight excluding hydrogens is 433 g/mol. The summed E-state index contributed by atoms with van der Waals surface area (Å²) in [6, 6.07) is 3.14. The second-order valence-corrected chi connectivity index (χ2v) is 10.8. The van der Waals surface area contributed by atoms with Crippen LogP contribution in [0, 0.1) is 41.2 Å². The Morgan fingerprint density at radius 3 is 2.09 bits per heavy atom. The summed E-state index contributed by atoms with van der Waals surface area (Å²) in [5.74, 6) is 2.37. The molecule has 4 heteroatoms. The second kappa shape index (κ2) is 12.4. The lowest BCUT2D eigenvalue weighted by Gasteiger charge is -2.40. The molecule has 0 heterocycles. The van der Waals surface area contributed by atoms with Crippen LogP contribution in [0.25, 0.3) is 5.57 Å². The molecule has 0 aliphatic heterocycles. The molecule has 2 fully saturated rings. The highest BCUT2D eigenvalue weighted by atomic mass is 19.2.